The van der Waals surface area contributed by atoms with E-state index in [1.165, 1.54) is 11.6 Å². The first-order chi connectivity index (χ1) is 18.6. The summed E-state index contributed by atoms with van der Waals surface area (Å²) >= 11 is 0. The highest BCUT2D eigenvalue weighted by Crippen LogP contribution is 2.42. The van der Waals surface area contributed by atoms with Gasteiger partial charge in [0.1, 0.15) is 12.6 Å². The number of piperazine rings is 1. The smallest absolute Gasteiger partial charge is 0.247 e. The second-order valence-electron chi connectivity index (χ2n) is 10.6. The lowest BCUT2D eigenvalue weighted by molar-refractivity contribution is -0.160. The van der Waals surface area contributed by atoms with Crippen molar-refractivity contribution in [2.75, 3.05) is 19.6 Å². The molecule has 2 amide bonds. The average molecular weight is 508 g/mol. The number of hydrogen-bond acceptors (Lipinski definition) is 4. The molecule has 2 N–H and O–H groups in total. The van der Waals surface area contributed by atoms with Crippen LogP contribution >= 0.6 is 0 Å². The molecule has 38 heavy (non-hydrogen) atoms. The SMILES string of the molecule is O=C1[C@H]2Cc3c([nH]c4ccccc34)[C@@H](c3ccc(=O)[nH]c3)N2C(=O)CN1[C@@H]1CCN(Cc2ccccc2)C1. The third kappa shape index (κ3) is 3.75. The molecule has 0 unspecified atom stereocenters. The maximum Gasteiger partial charge on any atom is 0.247 e. The highest BCUT2D eigenvalue weighted by Gasteiger charge is 2.50. The third-order valence-corrected chi connectivity index (χ3v) is 8.35. The lowest BCUT2D eigenvalue weighted by atomic mass is 9.86. The zero-order valence-electron chi connectivity index (χ0n) is 21.0. The largest absolute Gasteiger partial charge is 0.356 e. The Hall–Kier alpha value is -4.17. The maximum atomic E-state index is 14.1. The number of carbonyl (C=O) groups excluding carboxylic acids is 2. The number of pyridine rings is 1. The Morgan fingerprint density at radius 2 is 1.74 bits per heavy atom. The first kappa shape index (κ1) is 23.0. The van der Waals surface area contributed by atoms with Crippen molar-refractivity contribution in [3.8, 4) is 0 Å². The molecule has 0 bridgehead atoms. The van der Waals surface area contributed by atoms with Crippen molar-refractivity contribution in [3.63, 3.8) is 0 Å². The molecule has 8 heteroatoms. The summed E-state index contributed by atoms with van der Waals surface area (Å²) in [5.74, 6) is -0.0434. The quantitative estimate of drug-likeness (QED) is 0.444. The molecule has 7 rings (SSSR count). The van der Waals surface area contributed by atoms with E-state index in [0.29, 0.717) is 6.42 Å². The van der Waals surface area contributed by atoms with Crippen LogP contribution in [0.25, 0.3) is 10.9 Å². The van der Waals surface area contributed by atoms with Gasteiger partial charge in [0, 0.05) is 61.0 Å². The van der Waals surface area contributed by atoms with Gasteiger partial charge in [-0.2, -0.15) is 0 Å². The predicted octanol–water partition coefficient (Wildman–Crippen LogP) is 2.82. The fraction of sp³-hybridized carbons (Fsp3) is 0.300. The number of amides is 2. The van der Waals surface area contributed by atoms with Crippen LogP contribution in [0.1, 0.15) is 34.8 Å². The van der Waals surface area contributed by atoms with E-state index < -0.39 is 12.1 Å². The van der Waals surface area contributed by atoms with Crippen molar-refractivity contribution in [2.45, 2.75) is 37.5 Å². The van der Waals surface area contributed by atoms with Crippen LogP contribution < -0.4 is 5.56 Å². The van der Waals surface area contributed by atoms with Gasteiger partial charge in [-0.05, 0) is 35.2 Å². The number of para-hydroxylation sites is 1. The van der Waals surface area contributed by atoms with Crippen molar-refractivity contribution < 1.29 is 9.59 Å². The molecule has 0 radical (unpaired) electrons. The Morgan fingerprint density at radius 1 is 0.921 bits per heavy atom. The summed E-state index contributed by atoms with van der Waals surface area (Å²) in [7, 11) is 0. The van der Waals surface area contributed by atoms with Gasteiger partial charge < -0.3 is 19.8 Å². The van der Waals surface area contributed by atoms with Gasteiger partial charge in [0.15, 0.2) is 0 Å². The second kappa shape index (κ2) is 8.99. The summed E-state index contributed by atoms with van der Waals surface area (Å²) < 4.78 is 0. The molecule has 192 valence electrons. The predicted molar refractivity (Wildman–Crippen MR) is 143 cm³/mol. The number of carbonyl (C=O) groups is 2. The Labute approximate surface area is 219 Å². The first-order valence-corrected chi connectivity index (χ1v) is 13.2. The van der Waals surface area contributed by atoms with E-state index in [1.54, 1.807) is 17.2 Å². The van der Waals surface area contributed by atoms with Crippen LogP contribution in [0.3, 0.4) is 0 Å². The summed E-state index contributed by atoms with van der Waals surface area (Å²) in [5.41, 5.74) is 4.80. The number of nitrogens with zero attached hydrogens (tertiary/aromatic N) is 3. The van der Waals surface area contributed by atoms with E-state index in [0.717, 1.165) is 53.8 Å². The number of aromatic amines is 2. The molecule has 0 saturated carbocycles. The molecule has 8 nitrogen and oxygen atoms in total. The number of likely N-dealkylation sites (tertiary alicyclic amines) is 1. The van der Waals surface area contributed by atoms with Gasteiger partial charge in [0.05, 0.1) is 6.04 Å². The zero-order chi connectivity index (χ0) is 25.8. The van der Waals surface area contributed by atoms with Crippen LogP contribution in [0.15, 0.2) is 77.7 Å². The van der Waals surface area contributed by atoms with Crippen LogP contribution in [0.5, 0.6) is 0 Å². The Kier molecular flexibility index (Phi) is 5.44. The van der Waals surface area contributed by atoms with Crippen molar-refractivity contribution in [3.05, 3.63) is 106 Å². The molecule has 2 aromatic heterocycles. The number of rotatable bonds is 4. The molecule has 0 aliphatic carbocycles. The van der Waals surface area contributed by atoms with Crippen molar-refractivity contribution in [1.82, 2.24) is 24.7 Å². The van der Waals surface area contributed by atoms with E-state index in [2.05, 4.69) is 33.1 Å². The number of H-pyrrole nitrogens is 2. The fourth-order valence-corrected chi connectivity index (χ4v) is 6.59. The topological polar surface area (TPSA) is 92.5 Å². The minimum Gasteiger partial charge on any atom is -0.356 e. The third-order valence-electron chi connectivity index (χ3n) is 8.35. The standard InChI is InChI=1S/C30H29N5O3/c36-26-11-10-20(15-31-26)29-28-23(22-8-4-5-9-24(22)32-28)14-25-30(38)34(18-27(37)35(25)29)21-12-13-33(17-21)16-19-6-2-1-3-7-19/h1-11,15,21,25,29,32H,12-14,16-18H2,(H,31,36)/t21-,25-,29-/m1/s1. The summed E-state index contributed by atoms with van der Waals surface area (Å²) in [4.78, 5) is 52.0. The van der Waals surface area contributed by atoms with Gasteiger partial charge in [-0.15, -0.1) is 0 Å². The van der Waals surface area contributed by atoms with Crippen molar-refractivity contribution in [1.29, 1.82) is 0 Å². The van der Waals surface area contributed by atoms with Crippen LogP contribution in [-0.4, -0.2) is 68.2 Å². The van der Waals surface area contributed by atoms with Gasteiger partial charge in [0.2, 0.25) is 17.4 Å². The van der Waals surface area contributed by atoms with E-state index in [9.17, 15) is 14.4 Å². The van der Waals surface area contributed by atoms with E-state index in [4.69, 9.17) is 0 Å². The highest BCUT2D eigenvalue weighted by molar-refractivity contribution is 5.97. The summed E-state index contributed by atoms with van der Waals surface area (Å²) in [6, 6.07) is 20.6. The molecule has 3 aliphatic rings. The summed E-state index contributed by atoms with van der Waals surface area (Å²) in [6.07, 6.45) is 2.99. The minimum absolute atomic E-state index is 0.0153. The van der Waals surface area contributed by atoms with Gasteiger partial charge in [-0.1, -0.05) is 48.5 Å². The van der Waals surface area contributed by atoms with Crippen LogP contribution in [0.2, 0.25) is 0 Å². The van der Waals surface area contributed by atoms with Crippen LogP contribution in [-0.2, 0) is 22.6 Å². The summed E-state index contributed by atoms with van der Waals surface area (Å²) in [5, 5.41) is 1.07. The zero-order valence-corrected chi connectivity index (χ0v) is 21.0. The van der Waals surface area contributed by atoms with E-state index in [1.807, 2.05) is 41.3 Å². The van der Waals surface area contributed by atoms with Gasteiger partial charge in [0.25, 0.3) is 0 Å². The maximum absolute atomic E-state index is 14.1. The Balaban J connectivity index is 1.22. The Bertz CT molecular complexity index is 1570. The summed E-state index contributed by atoms with van der Waals surface area (Å²) in [6.45, 7) is 2.59. The molecular formula is C30H29N5O3. The number of aromatic nitrogens is 2. The van der Waals surface area contributed by atoms with Gasteiger partial charge in [-0.3, -0.25) is 19.3 Å². The Morgan fingerprint density at radius 3 is 2.55 bits per heavy atom. The molecule has 3 aliphatic heterocycles. The molecular weight excluding hydrogens is 478 g/mol. The van der Waals surface area contributed by atoms with Crippen molar-refractivity contribution in [2.24, 2.45) is 0 Å². The molecule has 4 aromatic rings. The molecule has 5 heterocycles. The van der Waals surface area contributed by atoms with Crippen LogP contribution in [0, 0.1) is 0 Å². The molecule has 3 atom stereocenters. The minimum atomic E-state index is -0.581. The fourth-order valence-electron chi connectivity index (χ4n) is 6.59. The highest BCUT2D eigenvalue weighted by atomic mass is 16.2. The number of hydrogen-bond donors (Lipinski definition) is 2. The monoisotopic (exact) mass is 507 g/mol. The number of nitrogens with one attached hydrogen (secondary N) is 2. The van der Waals surface area contributed by atoms with E-state index >= 15 is 0 Å². The number of fused-ring (bicyclic) bond motifs is 4. The lowest BCUT2D eigenvalue weighted by Gasteiger charge is -2.48. The molecule has 2 aromatic carbocycles. The van der Waals surface area contributed by atoms with Gasteiger partial charge >= 0.3 is 0 Å². The first-order valence-electron chi connectivity index (χ1n) is 13.2. The van der Waals surface area contributed by atoms with E-state index in [-0.39, 0.29) is 30.0 Å². The lowest BCUT2D eigenvalue weighted by Crippen LogP contribution is -2.65. The normalized spacial score (nSPS) is 23.6. The number of benzene rings is 2. The second-order valence-corrected chi connectivity index (χ2v) is 10.6. The van der Waals surface area contributed by atoms with Gasteiger partial charge in [-0.25, -0.2) is 0 Å². The molecule has 2 saturated heterocycles. The molecule has 2 fully saturated rings. The van der Waals surface area contributed by atoms with Crippen molar-refractivity contribution >= 4 is 22.7 Å². The average Bonchev–Trinajstić information content (AvgIpc) is 3.55. The molecule has 0 spiro atoms. The van der Waals surface area contributed by atoms with Crippen LogP contribution in [0.4, 0.5) is 0 Å².